The Bertz CT molecular complexity index is 1480. The molecule has 0 aromatic carbocycles. The van der Waals surface area contributed by atoms with E-state index in [4.69, 9.17) is 14.2 Å². The molecule has 0 heterocycles. The number of unbranched alkanes of at least 4 members (excludes halogenated alkanes) is 30. The maximum Gasteiger partial charge on any atom is 0.306 e. The van der Waals surface area contributed by atoms with Crippen molar-refractivity contribution in [1.29, 1.82) is 0 Å². The van der Waals surface area contributed by atoms with Crippen LogP contribution in [0.4, 0.5) is 0 Å². The van der Waals surface area contributed by atoms with Gasteiger partial charge < -0.3 is 14.2 Å². The molecule has 430 valence electrons. The van der Waals surface area contributed by atoms with Crippen LogP contribution >= 0.6 is 0 Å². The molecule has 0 saturated carbocycles. The molecule has 6 nitrogen and oxygen atoms in total. The van der Waals surface area contributed by atoms with E-state index in [1.807, 2.05) is 6.08 Å². The Kier molecular flexibility index (Phi) is 59.8. The summed E-state index contributed by atoms with van der Waals surface area (Å²) in [5, 5.41) is 0. The van der Waals surface area contributed by atoms with E-state index in [9.17, 15) is 14.4 Å². The topological polar surface area (TPSA) is 78.9 Å². The van der Waals surface area contributed by atoms with Crippen molar-refractivity contribution < 1.29 is 28.6 Å². The molecule has 0 aliphatic rings. The highest BCUT2D eigenvalue weighted by Crippen LogP contribution is 2.17. The smallest absolute Gasteiger partial charge is 0.306 e. The summed E-state index contributed by atoms with van der Waals surface area (Å²) in [6, 6.07) is 0. The lowest BCUT2D eigenvalue weighted by Gasteiger charge is -2.18. The summed E-state index contributed by atoms with van der Waals surface area (Å²) in [7, 11) is 0. The minimum Gasteiger partial charge on any atom is -0.462 e. The largest absolute Gasteiger partial charge is 0.462 e. The Balaban J connectivity index is 4.35. The highest BCUT2D eigenvalue weighted by molar-refractivity contribution is 5.71. The zero-order valence-electron chi connectivity index (χ0n) is 49.3. The first kappa shape index (κ1) is 71.3. The molecule has 0 fully saturated rings. The second-order valence-corrected chi connectivity index (χ2v) is 20.9. The number of allylic oxidation sites excluding steroid dienone is 16. The van der Waals surface area contributed by atoms with Crippen LogP contribution in [0.15, 0.2) is 97.2 Å². The maximum atomic E-state index is 12.9. The molecular weight excluding hydrogens is 925 g/mol. The molecule has 0 aromatic heterocycles. The molecular formula is C69H118O6. The third-order valence-corrected chi connectivity index (χ3v) is 13.6. The van der Waals surface area contributed by atoms with Crippen molar-refractivity contribution in [2.75, 3.05) is 13.2 Å². The lowest BCUT2D eigenvalue weighted by atomic mass is 10.0. The summed E-state index contributed by atoms with van der Waals surface area (Å²) in [4.78, 5) is 38.2. The first-order chi connectivity index (χ1) is 37.0. The summed E-state index contributed by atoms with van der Waals surface area (Å²) < 4.78 is 16.8. The van der Waals surface area contributed by atoms with Crippen molar-refractivity contribution in [1.82, 2.24) is 0 Å². The van der Waals surface area contributed by atoms with E-state index < -0.39 is 6.10 Å². The van der Waals surface area contributed by atoms with Gasteiger partial charge in [-0.1, -0.05) is 298 Å². The summed E-state index contributed by atoms with van der Waals surface area (Å²) in [5.74, 6) is -0.977. The Morgan fingerprint density at radius 2 is 0.547 bits per heavy atom. The van der Waals surface area contributed by atoms with Crippen molar-refractivity contribution in [3.05, 3.63) is 97.2 Å². The summed E-state index contributed by atoms with van der Waals surface area (Å²) in [6.07, 6.45) is 84.3. The van der Waals surface area contributed by atoms with E-state index in [0.717, 1.165) is 89.9 Å². The first-order valence-electron chi connectivity index (χ1n) is 31.7. The van der Waals surface area contributed by atoms with E-state index in [1.54, 1.807) is 0 Å². The number of esters is 3. The third-order valence-electron chi connectivity index (χ3n) is 13.6. The molecule has 1 atom stereocenters. The highest BCUT2D eigenvalue weighted by atomic mass is 16.6. The molecule has 0 aliphatic heterocycles. The fourth-order valence-electron chi connectivity index (χ4n) is 8.92. The molecule has 0 N–H and O–H groups in total. The molecule has 0 saturated heterocycles. The lowest BCUT2D eigenvalue weighted by molar-refractivity contribution is -0.166. The highest BCUT2D eigenvalue weighted by Gasteiger charge is 2.19. The molecule has 0 aromatic rings. The molecule has 0 rings (SSSR count). The zero-order chi connectivity index (χ0) is 54.3. The quantitative estimate of drug-likeness (QED) is 0.0261. The van der Waals surface area contributed by atoms with Crippen LogP contribution in [0.1, 0.15) is 303 Å². The molecule has 0 aliphatic carbocycles. The van der Waals surface area contributed by atoms with Gasteiger partial charge in [-0.3, -0.25) is 14.4 Å². The normalized spacial score (nSPS) is 12.7. The molecule has 75 heavy (non-hydrogen) atoms. The standard InChI is InChI=1S/C69H118O6/c1-4-7-10-13-16-19-22-25-27-29-31-33-34-36-37-39-41-44-47-50-53-56-59-62-68(71)74-65-66(64-73-67(70)61-58-55-52-49-46-43-24-21-18-15-12-9-6-3)75-69(72)63-60-57-54-51-48-45-42-40-38-35-32-30-28-26-23-20-17-14-11-8-5-2/h7,9-10,12,16,18-19,21,25,27,31,33,43,46,52,55,66H,4-6,8,11,13-15,17,20,22-24,26,28-30,32,34-42,44-45,47-51,53-54,56-65H2,1-3H3/b10-7-,12-9-,19-16-,21-18-,27-25-,33-31-,46-43-,55-52-. The van der Waals surface area contributed by atoms with Crippen LogP contribution in [-0.2, 0) is 28.6 Å². The average molecular weight is 1040 g/mol. The van der Waals surface area contributed by atoms with Gasteiger partial charge in [-0.25, -0.2) is 0 Å². The first-order valence-corrected chi connectivity index (χ1v) is 31.7. The van der Waals surface area contributed by atoms with E-state index in [1.165, 1.54) is 167 Å². The predicted molar refractivity (Wildman–Crippen MR) is 325 cm³/mol. The van der Waals surface area contributed by atoms with Crippen LogP contribution in [0.25, 0.3) is 0 Å². The van der Waals surface area contributed by atoms with Gasteiger partial charge >= 0.3 is 17.9 Å². The van der Waals surface area contributed by atoms with Gasteiger partial charge in [0.15, 0.2) is 6.10 Å². The number of rotatable bonds is 57. The van der Waals surface area contributed by atoms with E-state index >= 15 is 0 Å². The van der Waals surface area contributed by atoms with Gasteiger partial charge in [0.1, 0.15) is 13.2 Å². The zero-order valence-corrected chi connectivity index (χ0v) is 49.3. The average Bonchev–Trinajstić information content (AvgIpc) is 3.41. The maximum absolute atomic E-state index is 12.9. The number of ether oxygens (including phenoxy) is 3. The van der Waals surface area contributed by atoms with Crippen molar-refractivity contribution in [2.45, 2.75) is 309 Å². The van der Waals surface area contributed by atoms with Crippen molar-refractivity contribution in [2.24, 2.45) is 0 Å². The molecule has 0 spiro atoms. The Morgan fingerprint density at radius 3 is 0.893 bits per heavy atom. The molecule has 0 amide bonds. The number of carbonyl (C=O) groups is 3. The van der Waals surface area contributed by atoms with Crippen LogP contribution in [0.3, 0.4) is 0 Å². The van der Waals surface area contributed by atoms with E-state index in [0.29, 0.717) is 19.3 Å². The van der Waals surface area contributed by atoms with Crippen molar-refractivity contribution in [3.63, 3.8) is 0 Å². The predicted octanol–water partition coefficient (Wildman–Crippen LogP) is 21.7. The minimum absolute atomic E-state index is 0.0997. The van der Waals surface area contributed by atoms with Gasteiger partial charge in [-0.2, -0.15) is 0 Å². The van der Waals surface area contributed by atoms with Gasteiger partial charge in [-0.15, -0.1) is 0 Å². The molecule has 1 unspecified atom stereocenters. The van der Waals surface area contributed by atoms with Crippen LogP contribution < -0.4 is 0 Å². The number of hydrogen-bond donors (Lipinski definition) is 0. The van der Waals surface area contributed by atoms with Crippen LogP contribution in [-0.4, -0.2) is 37.2 Å². The summed E-state index contributed by atoms with van der Waals surface area (Å²) in [6.45, 7) is 6.38. The fourth-order valence-corrected chi connectivity index (χ4v) is 8.92. The second kappa shape index (κ2) is 62.9. The monoisotopic (exact) mass is 1040 g/mol. The van der Waals surface area contributed by atoms with Crippen LogP contribution in [0.5, 0.6) is 0 Å². The van der Waals surface area contributed by atoms with Gasteiger partial charge in [0.25, 0.3) is 0 Å². The Hall–Kier alpha value is -3.67. The van der Waals surface area contributed by atoms with Gasteiger partial charge in [0, 0.05) is 19.3 Å². The van der Waals surface area contributed by atoms with Gasteiger partial charge in [-0.05, 0) is 83.5 Å². The van der Waals surface area contributed by atoms with Crippen molar-refractivity contribution >= 4 is 17.9 Å². The van der Waals surface area contributed by atoms with Crippen molar-refractivity contribution in [3.8, 4) is 0 Å². The SMILES string of the molecule is CC/C=C\C/C=C\C/C=C\C/C=C\CCCCCCCCCCCCC(=O)OCC(COC(=O)CC/C=C\C/C=C\C/C=C\C/C=C\CC)OC(=O)CCCCCCCCCCCCCCCCCCCCCCC. The molecule has 6 heteroatoms. The van der Waals surface area contributed by atoms with Gasteiger partial charge in [0.2, 0.25) is 0 Å². The molecule has 0 radical (unpaired) electrons. The second-order valence-electron chi connectivity index (χ2n) is 20.9. The Morgan fingerprint density at radius 1 is 0.280 bits per heavy atom. The summed E-state index contributed by atoms with van der Waals surface area (Å²) in [5.41, 5.74) is 0. The third kappa shape index (κ3) is 61.1. The minimum atomic E-state index is -0.808. The van der Waals surface area contributed by atoms with Crippen LogP contribution in [0.2, 0.25) is 0 Å². The van der Waals surface area contributed by atoms with E-state index in [2.05, 4.69) is 112 Å². The fraction of sp³-hybridized carbons (Fsp3) is 0.725. The lowest BCUT2D eigenvalue weighted by Crippen LogP contribution is -2.30. The van der Waals surface area contributed by atoms with E-state index in [-0.39, 0.29) is 37.5 Å². The van der Waals surface area contributed by atoms with Gasteiger partial charge in [0.05, 0.1) is 0 Å². The number of carbonyl (C=O) groups excluding carboxylic acids is 3. The number of hydrogen-bond acceptors (Lipinski definition) is 6. The van der Waals surface area contributed by atoms with Crippen LogP contribution in [0, 0.1) is 0 Å². The Labute approximate surface area is 464 Å². The molecule has 0 bridgehead atoms. The summed E-state index contributed by atoms with van der Waals surface area (Å²) >= 11 is 0.